The van der Waals surface area contributed by atoms with Gasteiger partial charge in [-0.25, -0.2) is 4.67 Å². The first-order valence-electron chi connectivity index (χ1n) is 6.25. The molecule has 0 saturated carbocycles. The van der Waals surface area contributed by atoms with Gasteiger partial charge in [-0.05, 0) is 34.1 Å². The molecule has 0 spiro atoms. The minimum atomic E-state index is -1.04. The summed E-state index contributed by atoms with van der Waals surface area (Å²) in [5, 5.41) is 8.53. The summed E-state index contributed by atoms with van der Waals surface area (Å²) in [6, 6.07) is 2.84. The van der Waals surface area contributed by atoms with E-state index in [1.54, 1.807) is 0 Å². The molecule has 100 valence electrons. The minimum absolute atomic E-state index is 0.375. The lowest BCUT2D eigenvalue weighted by atomic mass is 10.3. The van der Waals surface area contributed by atoms with Crippen LogP contribution in [0.15, 0.2) is 0 Å². The molecule has 0 aliphatic carbocycles. The Hall–Kier alpha value is -0.200. The van der Waals surface area contributed by atoms with E-state index in [0.29, 0.717) is 31.7 Å². The van der Waals surface area contributed by atoms with Gasteiger partial charge in [0.05, 0.1) is 25.7 Å². The van der Waals surface area contributed by atoms with Crippen LogP contribution >= 0.6 is 8.53 Å². The number of hydrogen-bond acceptors (Lipinski definition) is 4. The summed E-state index contributed by atoms with van der Waals surface area (Å²) in [6.07, 6.45) is 1.39. The lowest BCUT2D eigenvalue weighted by Gasteiger charge is -2.35. The molecule has 0 aliphatic rings. The van der Waals surface area contributed by atoms with Crippen molar-refractivity contribution in [3.05, 3.63) is 0 Å². The van der Waals surface area contributed by atoms with Crippen LogP contribution in [0.1, 0.15) is 47.5 Å². The summed E-state index contributed by atoms with van der Waals surface area (Å²) in [4.78, 5) is 0. The van der Waals surface area contributed by atoms with Gasteiger partial charge in [-0.3, -0.25) is 0 Å². The van der Waals surface area contributed by atoms with E-state index in [2.05, 4.69) is 45.4 Å². The third-order valence-electron chi connectivity index (χ3n) is 2.07. The molecule has 5 heteroatoms. The molecule has 0 radical (unpaired) electrons. The van der Waals surface area contributed by atoms with Crippen LogP contribution < -0.4 is 0 Å². The second kappa shape index (κ2) is 9.79. The largest absolute Gasteiger partial charge is 0.322 e. The summed E-state index contributed by atoms with van der Waals surface area (Å²) in [7, 11) is -1.04. The Balaban J connectivity index is 4.44. The average Bonchev–Trinajstić information content (AvgIpc) is 2.24. The Kier molecular flexibility index (Phi) is 9.68. The van der Waals surface area contributed by atoms with Crippen LogP contribution in [0.3, 0.4) is 0 Å². The van der Waals surface area contributed by atoms with Crippen molar-refractivity contribution < 1.29 is 9.05 Å². The Morgan fingerprint density at radius 1 is 1.12 bits per heavy atom. The molecule has 0 rings (SSSR count). The Labute approximate surface area is 107 Å². The van der Waals surface area contributed by atoms with Crippen LogP contribution in [0.4, 0.5) is 0 Å². The fourth-order valence-corrected chi connectivity index (χ4v) is 3.16. The summed E-state index contributed by atoms with van der Waals surface area (Å²) >= 11 is 0. The summed E-state index contributed by atoms with van der Waals surface area (Å²) in [5.74, 6) is 0. The van der Waals surface area contributed by atoms with Gasteiger partial charge in [0.25, 0.3) is 8.53 Å². The highest BCUT2D eigenvalue weighted by atomic mass is 31.2. The number of nitrogens with zero attached hydrogens (tertiary/aromatic N) is 2. The third kappa shape index (κ3) is 6.95. The minimum Gasteiger partial charge on any atom is -0.322 e. The third-order valence-corrected chi connectivity index (χ3v) is 4.18. The van der Waals surface area contributed by atoms with E-state index in [1.165, 1.54) is 0 Å². The second-order valence-electron chi connectivity index (χ2n) is 4.38. The monoisotopic (exact) mass is 260 g/mol. The van der Waals surface area contributed by atoms with Crippen LogP contribution in [0.5, 0.6) is 0 Å². The van der Waals surface area contributed by atoms with E-state index in [-0.39, 0.29) is 0 Å². The van der Waals surface area contributed by atoms with Gasteiger partial charge in [-0.1, -0.05) is 6.92 Å². The Morgan fingerprint density at radius 2 is 1.65 bits per heavy atom. The first-order chi connectivity index (χ1) is 8.04. The van der Waals surface area contributed by atoms with Crippen molar-refractivity contribution in [3.8, 4) is 6.07 Å². The molecule has 0 N–H and O–H groups in total. The van der Waals surface area contributed by atoms with Gasteiger partial charge < -0.3 is 9.05 Å². The van der Waals surface area contributed by atoms with Crippen molar-refractivity contribution in [3.63, 3.8) is 0 Å². The fraction of sp³-hybridized carbons (Fsp3) is 0.917. The zero-order valence-electron chi connectivity index (χ0n) is 11.6. The van der Waals surface area contributed by atoms with Crippen molar-refractivity contribution in [2.45, 2.75) is 59.5 Å². The molecule has 0 amide bonds. The van der Waals surface area contributed by atoms with E-state index in [4.69, 9.17) is 14.3 Å². The molecular weight excluding hydrogens is 235 g/mol. The van der Waals surface area contributed by atoms with Gasteiger partial charge in [0.15, 0.2) is 0 Å². The smallest absolute Gasteiger partial charge is 0.259 e. The van der Waals surface area contributed by atoms with Crippen molar-refractivity contribution in [1.29, 1.82) is 5.26 Å². The molecule has 0 heterocycles. The molecular formula is C12H25N2O2P. The maximum atomic E-state index is 8.53. The van der Waals surface area contributed by atoms with Gasteiger partial charge >= 0.3 is 0 Å². The van der Waals surface area contributed by atoms with Gasteiger partial charge in [-0.2, -0.15) is 5.26 Å². The van der Waals surface area contributed by atoms with E-state index in [9.17, 15) is 0 Å². The van der Waals surface area contributed by atoms with E-state index < -0.39 is 8.53 Å². The molecule has 0 bridgehead atoms. The predicted molar refractivity (Wildman–Crippen MR) is 71.5 cm³/mol. The summed E-state index contributed by atoms with van der Waals surface area (Å²) < 4.78 is 13.7. The van der Waals surface area contributed by atoms with Crippen molar-refractivity contribution in [2.24, 2.45) is 0 Å². The van der Waals surface area contributed by atoms with Crippen LogP contribution in [0, 0.1) is 11.3 Å². The quantitative estimate of drug-likeness (QED) is 0.468. The van der Waals surface area contributed by atoms with Gasteiger partial charge in [0, 0.05) is 12.1 Å². The molecule has 0 aliphatic heterocycles. The summed E-state index contributed by atoms with van der Waals surface area (Å²) in [6.45, 7) is 11.8. The molecule has 0 aromatic heterocycles. The lowest BCUT2D eigenvalue weighted by Crippen LogP contribution is -2.33. The summed E-state index contributed by atoms with van der Waals surface area (Å²) in [5.41, 5.74) is 0. The van der Waals surface area contributed by atoms with E-state index in [1.807, 2.05) is 0 Å². The van der Waals surface area contributed by atoms with Crippen LogP contribution in [0.25, 0.3) is 0 Å². The molecule has 0 aromatic carbocycles. The Bertz CT molecular complexity index is 221. The maximum absolute atomic E-state index is 8.53. The van der Waals surface area contributed by atoms with E-state index >= 15 is 0 Å². The van der Waals surface area contributed by atoms with Crippen molar-refractivity contribution >= 4 is 8.53 Å². The zero-order chi connectivity index (χ0) is 13.3. The number of nitriles is 1. The molecule has 1 unspecified atom stereocenters. The predicted octanol–water partition coefficient (Wildman–Crippen LogP) is 3.69. The van der Waals surface area contributed by atoms with Crippen LogP contribution in [0.2, 0.25) is 0 Å². The highest BCUT2D eigenvalue weighted by molar-refractivity contribution is 7.44. The zero-order valence-corrected chi connectivity index (χ0v) is 12.5. The highest BCUT2D eigenvalue weighted by Crippen LogP contribution is 2.45. The number of rotatable bonds is 9. The Morgan fingerprint density at radius 3 is 2.06 bits per heavy atom. The van der Waals surface area contributed by atoms with Crippen LogP contribution in [-0.4, -0.2) is 30.0 Å². The van der Waals surface area contributed by atoms with E-state index in [0.717, 1.165) is 6.42 Å². The molecule has 0 saturated heterocycles. The van der Waals surface area contributed by atoms with Crippen molar-refractivity contribution in [2.75, 3.05) is 13.2 Å². The number of hydrogen-bond donors (Lipinski definition) is 0. The molecule has 4 nitrogen and oxygen atoms in total. The SMILES string of the molecule is CCCOP(OCCC#N)N(C(C)C)C(C)C. The standard InChI is InChI=1S/C12H25N2O2P/c1-6-9-15-17(16-10-7-8-13)14(11(2)3)12(4)5/h11-12H,6-7,9-10H2,1-5H3. The fourth-order valence-electron chi connectivity index (χ4n) is 1.48. The normalized spacial score (nSPS) is 13.4. The first-order valence-corrected chi connectivity index (χ1v) is 7.38. The van der Waals surface area contributed by atoms with Gasteiger partial charge in [0.1, 0.15) is 0 Å². The molecule has 0 fully saturated rings. The lowest BCUT2D eigenvalue weighted by molar-refractivity contribution is 0.176. The topological polar surface area (TPSA) is 45.5 Å². The first kappa shape index (κ1) is 16.8. The van der Waals surface area contributed by atoms with Gasteiger partial charge in [0.2, 0.25) is 0 Å². The maximum Gasteiger partial charge on any atom is 0.259 e. The molecule has 1 atom stereocenters. The van der Waals surface area contributed by atoms with Crippen LogP contribution in [-0.2, 0) is 9.05 Å². The second-order valence-corrected chi connectivity index (χ2v) is 5.83. The molecule has 0 aromatic rings. The van der Waals surface area contributed by atoms with Gasteiger partial charge in [-0.15, -0.1) is 0 Å². The molecule has 17 heavy (non-hydrogen) atoms. The van der Waals surface area contributed by atoms with Crippen molar-refractivity contribution in [1.82, 2.24) is 4.67 Å². The highest BCUT2D eigenvalue weighted by Gasteiger charge is 2.26. The average molecular weight is 260 g/mol.